The lowest BCUT2D eigenvalue weighted by molar-refractivity contribution is 0.102. The minimum absolute atomic E-state index is 0.181. The average molecular weight is 317 g/mol. The number of benzene rings is 1. The zero-order chi connectivity index (χ0) is 13.2. The summed E-state index contributed by atoms with van der Waals surface area (Å²) >= 11 is 3.27. The van der Waals surface area contributed by atoms with E-state index in [1.54, 1.807) is 18.2 Å². The molecule has 1 aromatic heterocycles. The molecule has 19 heavy (non-hydrogen) atoms. The lowest BCUT2D eigenvalue weighted by atomic mass is 10.1. The predicted molar refractivity (Wildman–Crippen MR) is 78.4 cm³/mol. The fourth-order valence-corrected chi connectivity index (χ4v) is 2.72. The average Bonchev–Trinajstić information content (AvgIpc) is 2.86. The van der Waals surface area contributed by atoms with Gasteiger partial charge in [-0.2, -0.15) is 0 Å². The molecule has 3 rings (SSSR count). The van der Waals surface area contributed by atoms with Gasteiger partial charge in [-0.25, -0.2) is 4.98 Å². The topological polar surface area (TPSA) is 42.0 Å². The number of nitrogens with one attached hydrogen (secondary N) is 1. The van der Waals surface area contributed by atoms with Crippen LogP contribution in [0, 0.1) is 0 Å². The van der Waals surface area contributed by atoms with Gasteiger partial charge < -0.3 is 5.32 Å². The van der Waals surface area contributed by atoms with Crippen LogP contribution in [0.25, 0.3) is 0 Å². The highest BCUT2D eigenvalue weighted by Gasteiger charge is 2.13. The van der Waals surface area contributed by atoms with E-state index in [4.69, 9.17) is 0 Å². The van der Waals surface area contributed by atoms with E-state index in [1.165, 1.54) is 17.5 Å². The number of aromatic nitrogens is 1. The third-order valence-electron chi connectivity index (χ3n) is 3.30. The number of pyridine rings is 1. The van der Waals surface area contributed by atoms with Crippen LogP contribution in [-0.4, -0.2) is 10.9 Å². The second-order valence-corrected chi connectivity index (χ2v) is 5.45. The van der Waals surface area contributed by atoms with Gasteiger partial charge in [0.1, 0.15) is 10.3 Å². The summed E-state index contributed by atoms with van der Waals surface area (Å²) in [5.74, 6) is -0.181. The van der Waals surface area contributed by atoms with Gasteiger partial charge in [0.2, 0.25) is 0 Å². The SMILES string of the molecule is O=C(Nc1ccc2c(c1)CCC2)c1cccc(Br)n1. The van der Waals surface area contributed by atoms with Gasteiger partial charge in [-0.3, -0.25) is 4.79 Å². The minimum Gasteiger partial charge on any atom is -0.321 e. The van der Waals surface area contributed by atoms with Crippen LogP contribution in [0.4, 0.5) is 5.69 Å². The third kappa shape index (κ3) is 2.68. The maximum Gasteiger partial charge on any atom is 0.274 e. The Labute approximate surface area is 120 Å². The molecule has 1 aliphatic rings. The van der Waals surface area contributed by atoms with Crippen molar-refractivity contribution >= 4 is 27.5 Å². The van der Waals surface area contributed by atoms with Crippen molar-refractivity contribution in [1.29, 1.82) is 0 Å². The van der Waals surface area contributed by atoms with Gasteiger partial charge in [-0.05, 0) is 70.6 Å². The Morgan fingerprint density at radius 1 is 1.16 bits per heavy atom. The Morgan fingerprint density at radius 3 is 2.84 bits per heavy atom. The Bertz CT molecular complexity index is 640. The van der Waals surface area contributed by atoms with E-state index in [2.05, 4.69) is 38.4 Å². The van der Waals surface area contributed by atoms with Crippen LogP contribution in [0.3, 0.4) is 0 Å². The summed E-state index contributed by atoms with van der Waals surface area (Å²) in [4.78, 5) is 16.2. The molecule has 0 fully saturated rings. The van der Waals surface area contributed by atoms with E-state index in [1.807, 2.05) is 6.07 Å². The van der Waals surface area contributed by atoms with Crippen molar-refractivity contribution in [1.82, 2.24) is 4.98 Å². The molecule has 0 atom stereocenters. The van der Waals surface area contributed by atoms with E-state index in [0.717, 1.165) is 18.5 Å². The highest BCUT2D eigenvalue weighted by molar-refractivity contribution is 9.10. The molecule has 0 bridgehead atoms. The molecular weight excluding hydrogens is 304 g/mol. The molecule has 2 aromatic rings. The Balaban J connectivity index is 1.80. The van der Waals surface area contributed by atoms with Crippen LogP contribution in [-0.2, 0) is 12.8 Å². The largest absolute Gasteiger partial charge is 0.321 e. The first-order chi connectivity index (χ1) is 9.22. The molecule has 1 aliphatic carbocycles. The van der Waals surface area contributed by atoms with Crippen molar-refractivity contribution in [3.05, 3.63) is 57.8 Å². The molecule has 4 heteroatoms. The van der Waals surface area contributed by atoms with Gasteiger partial charge in [0.25, 0.3) is 5.91 Å². The highest BCUT2D eigenvalue weighted by atomic mass is 79.9. The number of hydrogen-bond acceptors (Lipinski definition) is 2. The molecule has 0 saturated heterocycles. The number of amides is 1. The zero-order valence-electron chi connectivity index (χ0n) is 10.3. The number of anilines is 1. The van der Waals surface area contributed by atoms with Crippen molar-refractivity contribution in [3.8, 4) is 0 Å². The van der Waals surface area contributed by atoms with Gasteiger partial charge in [0.15, 0.2) is 0 Å². The number of halogens is 1. The Morgan fingerprint density at radius 2 is 2.00 bits per heavy atom. The molecule has 0 unspecified atom stereocenters. The van der Waals surface area contributed by atoms with Crippen LogP contribution in [0.15, 0.2) is 41.0 Å². The number of hydrogen-bond donors (Lipinski definition) is 1. The highest BCUT2D eigenvalue weighted by Crippen LogP contribution is 2.25. The van der Waals surface area contributed by atoms with E-state index >= 15 is 0 Å². The fourth-order valence-electron chi connectivity index (χ4n) is 2.38. The minimum atomic E-state index is -0.181. The number of carbonyl (C=O) groups is 1. The molecule has 3 nitrogen and oxygen atoms in total. The van der Waals surface area contributed by atoms with E-state index in [0.29, 0.717) is 10.3 Å². The maximum atomic E-state index is 12.1. The van der Waals surface area contributed by atoms with Gasteiger partial charge in [-0.15, -0.1) is 0 Å². The zero-order valence-corrected chi connectivity index (χ0v) is 11.9. The van der Waals surface area contributed by atoms with Crippen LogP contribution in [0.1, 0.15) is 28.0 Å². The summed E-state index contributed by atoms with van der Waals surface area (Å²) in [6.45, 7) is 0. The quantitative estimate of drug-likeness (QED) is 0.860. The third-order valence-corrected chi connectivity index (χ3v) is 3.75. The van der Waals surface area contributed by atoms with Crippen LogP contribution < -0.4 is 5.32 Å². The van der Waals surface area contributed by atoms with E-state index < -0.39 is 0 Å². The molecule has 0 aliphatic heterocycles. The molecule has 1 aromatic carbocycles. The van der Waals surface area contributed by atoms with E-state index in [9.17, 15) is 4.79 Å². The van der Waals surface area contributed by atoms with Gasteiger partial charge >= 0.3 is 0 Å². The van der Waals surface area contributed by atoms with Crippen molar-refractivity contribution in [2.75, 3.05) is 5.32 Å². The van der Waals surface area contributed by atoms with Crippen LogP contribution >= 0.6 is 15.9 Å². The van der Waals surface area contributed by atoms with Crippen molar-refractivity contribution in [2.45, 2.75) is 19.3 Å². The second kappa shape index (κ2) is 5.13. The molecule has 0 spiro atoms. The summed E-state index contributed by atoms with van der Waals surface area (Å²) in [5, 5.41) is 2.89. The summed E-state index contributed by atoms with van der Waals surface area (Å²) in [5.41, 5.74) is 4.00. The summed E-state index contributed by atoms with van der Waals surface area (Å²) in [6.07, 6.45) is 3.46. The number of nitrogens with zero attached hydrogens (tertiary/aromatic N) is 1. The molecule has 96 valence electrons. The first-order valence-corrected chi connectivity index (χ1v) is 7.07. The Hall–Kier alpha value is -1.68. The van der Waals surface area contributed by atoms with Gasteiger partial charge in [0, 0.05) is 5.69 Å². The maximum absolute atomic E-state index is 12.1. The number of aryl methyl sites for hydroxylation is 2. The molecule has 1 amide bonds. The molecule has 1 heterocycles. The summed E-state index contributed by atoms with van der Waals surface area (Å²) in [6, 6.07) is 11.4. The normalized spacial score (nSPS) is 13.1. The lowest BCUT2D eigenvalue weighted by Crippen LogP contribution is -2.13. The van der Waals surface area contributed by atoms with Crippen molar-refractivity contribution in [2.24, 2.45) is 0 Å². The lowest BCUT2D eigenvalue weighted by Gasteiger charge is -2.07. The van der Waals surface area contributed by atoms with Crippen LogP contribution in [0.2, 0.25) is 0 Å². The van der Waals surface area contributed by atoms with E-state index in [-0.39, 0.29) is 5.91 Å². The van der Waals surface area contributed by atoms with Crippen molar-refractivity contribution in [3.63, 3.8) is 0 Å². The fraction of sp³-hybridized carbons (Fsp3) is 0.200. The number of rotatable bonds is 2. The van der Waals surface area contributed by atoms with Gasteiger partial charge in [0.05, 0.1) is 0 Å². The first kappa shape index (κ1) is 12.4. The Kier molecular flexibility index (Phi) is 3.34. The standard InChI is InChI=1S/C15H13BrN2O/c16-14-6-2-5-13(18-14)15(19)17-12-8-7-10-3-1-4-11(10)9-12/h2,5-9H,1,3-4H2,(H,17,19). The number of fused-ring (bicyclic) bond motifs is 1. The monoisotopic (exact) mass is 316 g/mol. The smallest absolute Gasteiger partial charge is 0.274 e. The summed E-state index contributed by atoms with van der Waals surface area (Å²) < 4.78 is 0.661. The predicted octanol–water partition coefficient (Wildman–Crippen LogP) is 3.59. The summed E-state index contributed by atoms with van der Waals surface area (Å²) in [7, 11) is 0. The second-order valence-electron chi connectivity index (χ2n) is 4.64. The molecular formula is C15H13BrN2O. The van der Waals surface area contributed by atoms with Gasteiger partial charge in [-0.1, -0.05) is 12.1 Å². The van der Waals surface area contributed by atoms with Crippen molar-refractivity contribution < 1.29 is 4.79 Å². The first-order valence-electron chi connectivity index (χ1n) is 6.28. The molecule has 0 saturated carbocycles. The number of carbonyl (C=O) groups excluding carboxylic acids is 1. The molecule has 1 N–H and O–H groups in total. The van der Waals surface area contributed by atoms with Crippen LogP contribution in [0.5, 0.6) is 0 Å². The molecule has 0 radical (unpaired) electrons.